The molecule has 0 heterocycles. The molecule has 1 N–H and O–H groups in total. The lowest BCUT2D eigenvalue weighted by Crippen LogP contribution is -2.13. The maximum absolute atomic E-state index is 12.5. The second kappa shape index (κ2) is 8.94. The van der Waals surface area contributed by atoms with Crippen LogP contribution in [-0.4, -0.2) is 33.8 Å². The van der Waals surface area contributed by atoms with Crippen molar-refractivity contribution in [3.8, 4) is 17.2 Å². The Morgan fingerprint density at radius 3 is 2.32 bits per heavy atom. The number of carbonyl (C=O) groups excluding carboxylic acids is 1. The van der Waals surface area contributed by atoms with Gasteiger partial charge in [-0.05, 0) is 37.3 Å². The van der Waals surface area contributed by atoms with Gasteiger partial charge in [0.15, 0.2) is 11.5 Å². The SMILES string of the molecule is CCOc1ccc(C(=O)Nc2ccc(OC)c(OC)c2)cc1COC. The van der Waals surface area contributed by atoms with Gasteiger partial charge in [0.05, 0.1) is 27.4 Å². The van der Waals surface area contributed by atoms with Crippen molar-refractivity contribution in [1.82, 2.24) is 0 Å². The number of rotatable bonds is 8. The Labute approximate surface area is 147 Å². The van der Waals surface area contributed by atoms with Crippen LogP contribution in [0, 0.1) is 0 Å². The van der Waals surface area contributed by atoms with Crippen molar-refractivity contribution in [1.29, 1.82) is 0 Å². The highest BCUT2D eigenvalue weighted by molar-refractivity contribution is 6.04. The number of anilines is 1. The van der Waals surface area contributed by atoms with Gasteiger partial charge in [-0.3, -0.25) is 4.79 Å². The summed E-state index contributed by atoms with van der Waals surface area (Å²) in [7, 11) is 4.71. The van der Waals surface area contributed by atoms with E-state index < -0.39 is 0 Å². The molecule has 25 heavy (non-hydrogen) atoms. The minimum Gasteiger partial charge on any atom is -0.494 e. The Hall–Kier alpha value is -2.73. The van der Waals surface area contributed by atoms with E-state index in [0.29, 0.717) is 41.7 Å². The van der Waals surface area contributed by atoms with E-state index in [9.17, 15) is 4.79 Å². The first-order chi connectivity index (χ1) is 12.1. The number of nitrogens with one attached hydrogen (secondary N) is 1. The van der Waals surface area contributed by atoms with Gasteiger partial charge in [0.25, 0.3) is 5.91 Å². The maximum Gasteiger partial charge on any atom is 0.255 e. The smallest absolute Gasteiger partial charge is 0.255 e. The molecule has 2 aromatic rings. The zero-order chi connectivity index (χ0) is 18.2. The lowest BCUT2D eigenvalue weighted by Gasteiger charge is -2.13. The van der Waals surface area contributed by atoms with E-state index in [4.69, 9.17) is 18.9 Å². The van der Waals surface area contributed by atoms with E-state index in [1.807, 2.05) is 6.92 Å². The van der Waals surface area contributed by atoms with E-state index in [-0.39, 0.29) is 5.91 Å². The van der Waals surface area contributed by atoms with Crippen LogP contribution < -0.4 is 19.5 Å². The summed E-state index contributed by atoms with van der Waals surface area (Å²) >= 11 is 0. The molecule has 0 spiro atoms. The molecular weight excluding hydrogens is 322 g/mol. The Balaban J connectivity index is 2.21. The predicted molar refractivity (Wildman–Crippen MR) is 95.8 cm³/mol. The van der Waals surface area contributed by atoms with Gasteiger partial charge in [-0.1, -0.05) is 0 Å². The monoisotopic (exact) mass is 345 g/mol. The Bertz CT molecular complexity index is 730. The van der Waals surface area contributed by atoms with E-state index in [0.717, 1.165) is 5.56 Å². The summed E-state index contributed by atoms with van der Waals surface area (Å²) in [5, 5.41) is 2.85. The van der Waals surface area contributed by atoms with Gasteiger partial charge in [0.2, 0.25) is 0 Å². The number of methoxy groups -OCH3 is 3. The van der Waals surface area contributed by atoms with E-state index in [2.05, 4.69) is 5.32 Å². The molecule has 134 valence electrons. The van der Waals surface area contributed by atoms with Crippen LogP contribution in [0.5, 0.6) is 17.2 Å². The van der Waals surface area contributed by atoms with Gasteiger partial charge in [0, 0.05) is 30.0 Å². The van der Waals surface area contributed by atoms with Crippen LogP contribution in [0.15, 0.2) is 36.4 Å². The van der Waals surface area contributed by atoms with Crippen molar-refractivity contribution in [3.63, 3.8) is 0 Å². The quantitative estimate of drug-likeness (QED) is 0.793. The molecular formula is C19H23NO5. The molecule has 2 rings (SSSR count). The van der Waals surface area contributed by atoms with E-state index >= 15 is 0 Å². The van der Waals surface area contributed by atoms with Gasteiger partial charge in [-0.25, -0.2) is 0 Å². The van der Waals surface area contributed by atoms with Crippen molar-refractivity contribution in [2.75, 3.05) is 33.3 Å². The molecule has 0 unspecified atom stereocenters. The van der Waals surface area contributed by atoms with Gasteiger partial charge in [0.1, 0.15) is 5.75 Å². The Kier molecular flexibility index (Phi) is 6.65. The van der Waals surface area contributed by atoms with Crippen LogP contribution in [0.2, 0.25) is 0 Å². The zero-order valence-corrected chi connectivity index (χ0v) is 14.9. The molecule has 0 aliphatic carbocycles. The molecule has 6 heteroatoms. The van der Waals surface area contributed by atoms with E-state index in [1.165, 1.54) is 0 Å². The van der Waals surface area contributed by atoms with Crippen LogP contribution >= 0.6 is 0 Å². The maximum atomic E-state index is 12.5. The molecule has 0 atom stereocenters. The summed E-state index contributed by atoms with van der Waals surface area (Å²) in [6.07, 6.45) is 0. The first-order valence-electron chi connectivity index (χ1n) is 7.91. The number of ether oxygens (including phenoxy) is 4. The second-order valence-corrected chi connectivity index (χ2v) is 5.21. The van der Waals surface area contributed by atoms with Crippen molar-refractivity contribution >= 4 is 11.6 Å². The highest BCUT2D eigenvalue weighted by atomic mass is 16.5. The third kappa shape index (κ3) is 4.64. The summed E-state index contributed by atoms with van der Waals surface area (Å²) in [6.45, 7) is 2.83. The standard InChI is InChI=1S/C19H23NO5/c1-5-25-16-8-6-13(10-14(16)12-22-2)19(21)20-15-7-9-17(23-3)18(11-15)24-4/h6-11H,5,12H2,1-4H3,(H,20,21). The Morgan fingerprint density at radius 2 is 1.68 bits per heavy atom. The number of hydrogen-bond donors (Lipinski definition) is 1. The molecule has 1 amide bonds. The van der Waals surface area contributed by atoms with E-state index in [1.54, 1.807) is 57.7 Å². The minimum absolute atomic E-state index is 0.229. The lowest BCUT2D eigenvalue weighted by atomic mass is 10.1. The van der Waals surface area contributed by atoms with Crippen LogP contribution in [0.1, 0.15) is 22.8 Å². The number of hydrogen-bond acceptors (Lipinski definition) is 5. The number of amides is 1. The number of carbonyl (C=O) groups is 1. The third-order valence-corrected chi connectivity index (χ3v) is 3.56. The average Bonchev–Trinajstić information content (AvgIpc) is 2.63. The average molecular weight is 345 g/mol. The number of benzene rings is 2. The Morgan fingerprint density at radius 1 is 0.960 bits per heavy atom. The second-order valence-electron chi connectivity index (χ2n) is 5.21. The fraction of sp³-hybridized carbons (Fsp3) is 0.316. The largest absolute Gasteiger partial charge is 0.494 e. The summed E-state index contributed by atoms with van der Waals surface area (Å²) in [5.41, 5.74) is 1.96. The molecule has 0 saturated heterocycles. The molecule has 0 radical (unpaired) electrons. The van der Waals surface area contributed by atoms with Crippen LogP contribution in [0.25, 0.3) is 0 Å². The minimum atomic E-state index is -0.229. The third-order valence-electron chi connectivity index (χ3n) is 3.56. The van der Waals surface area contributed by atoms with Crippen molar-refractivity contribution in [3.05, 3.63) is 47.5 Å². The van der Waals surface area contributed by atoms with Crippen LogP contribution in [-0.2, 0) is 11.3 Å². The molecule has 6 nitrogen and oxygen atoms in total. The molecule has 0 fully saturated rings. The van der Waals surface area contributed by atoms with Crippen molar-refractivity contribution in [2.45, 2.75) is 13.5 Å². The zero-order valence-electron chi connectivity index (χ0n) is 14.9. The van der Waals surface area contributed by atoms with Gasteiger partial charge >= 0.3 is 0 Å². The topological polar surface area (TPSA) is 66.0 Å². The van der Waals surface area contributed by atoms with Gasteiger partial charge in [-0.15, -0.1) is 0 Å². The normalized spacial score (nSPS) is 10.2. The lowest BCUT2D eigenvalue weighted by molar-refractivity contribution is 0.102. The predicted octanol–water partition coefficient (Wildman–Crippen LogP) is 3.50. The van der Waals surface area contributed by atoms with Crippen LogP contribution in [0.3, 0.4) is 0 Å². The highest BCUT2D eigenvalue weighted by Gasteiger charge is 2.12. The summed E-state index contributed by atoms with van der Waals surface area (Å²) in [4.78, 5) is 12.5. The molecule has 0 aromatic heterocycles. The summed E-state index contributed by atoms with van der Waals surface area (Å²) in [6, 6.07) is 10.5. The fourth-order valence-electron chi connectivity index (χ4n) is 2.40. The van der Waals surface area contributed by atoms with Gasteiger partial charge < -0.3 is 24.3 Å². The first-order valence-corrected chi connectivity index (χ1v) is 7.91. The highest BCUT2D eigenvalue weighted by Crippen LogP contribution is 2.30. The van der Waals surface area contributed by atoms with Crippen LogP contribution in [0.4, 0.5) is 5.69 Å². The molecule has 0 aliphatic heterocycles. The molecule has 2 aromatic carbocycles. The summed E-state index contributed by atoms with van der Waals surface area (Å²) in [5.74, 6) is 1.63. The molecule has 0 bridgehead atoms. The van der Waals surface area contributed by atoms with Gasteiger partial charge in [-0.2, -0.15) is 0 Å². The summed E-state index contributed by atoms with van der Waals surface area (Å²) < 4.78 is 21.2. The molecule has 0 aliphatic rings. The molecule has 0 saturated carbocycles. The fourth-order valence-corrected chi connectivity index (χ4v) is 2.40. The first kappa shape index (κ1) is 18.6. The van der Waals surface area contributed by atoms with Crippen molar-refractivity contribution < 1.29 is 23.7 Å². The van der Waals surface area contributed by atoms with Crippen molar-refractivity contribution in [2.24, 2.45) is 0 Å².